The average molecular weight is 382 g/mol. The molecular formula is C22H26N2O4. The lowest BCUT2D eigenvalue weighted by molar-refractivity contribution is -0.146. The second-order valence-electron chi connectivity index (χ2n) is 6.80. The van der Waals surface area contributed by atoms with E-state index in [-0.39, 0.29) is 11.8 Å². The van der Waals surface area contributed by atoms with Crippen molar-refractivity contribution < 1.29 is 19.1 Å². The molecule has 148 valence electrons. The zero-order valence-electron chi connectivity index (χ0n) is 16.3. The number of amides is 2. The van der Waals surface area contributed by atoms with Crippen LogP contribution in [-0.2, 0) is 9.59 Å². The molecule has 0 radical (unpaired) electrons. The Morgan fingerprint density at radius 1 is 0.679 bits per heavy atom. The molecule has 3 rings (SSSR count). The summed E-state index contributed by atoms with van der Waals surface area (Å²) in [6.45, 7) is 5.47. The number of carbonyl (C=O) groups excluding carboxylic acids is 2. The van der Waals surface area contributed by atoms with Crippen LogP contribution in [0, 0.1) is 0 Å². The maximum atomic E-state index is 12.6. The summed E-state index contributed by atoms with van der Waals surface area (Å²) < 4.78 is 11.4. The van der Waals surface area contributed by atoms with Gasteiger partial charge >= 0.3 is 0 Å². The molecule has 0 aromatic heterocycles. The molecule has 2 aromatic carbocycles. The number of carbonyl (C=O) groups is 2. The fourth-order valence-corrected chi connectivity index (χ4v) is 3.17. The van der Waals surface area contributed by atoms with Crippen molar-refractivity contribution in [1.29, 1.82) is 0 Å². The lowest BCUT2D eigenvalue weighted by atomic mass is 10.2. The van der Waals surface area contributed by atoms with E-state index in [0.717, 1.165) is 0 Å². The monoisotopic (exact) mass is 382 g/mol. The highest BCUT2D eigenvalue weighted by molar-refractivity contribution is 5.83. The van der Waals surface area contributed by atoms with Crippen molar-refractivity contribution in [3.8, 4) is 11.5 Å². The van der Waals surface area contributed by atoms with Gasteiger partial charge in [0.2, 0.25) is 0 Å². The van der Waals surface area contributed by atoms with E-state index in [0.29, 0.717) is 37.7 Å². The highest BCUT2D eigenvalue weighted by Gasteiger charge is 2.30. The van der Waals surface area contributed by atoms with Crippen LogP contribution >= 0.6 is 0 Å². The summed E-state index contributed by atoms with van der Waals surface area (Å²) in [6, 6.07) is 18.6. The van der Waals surface area contributed by atoms with Gasteiger partial charge in [-0.05, 0) is 38.1 Å². The van der Waals surface area contributed by atoms with Crippen LogP contribution in [0.1, 0.15) is 13.8 Å². The van der Waals surface area contributed by atoms with Gasteiger partial charge in [-0.2, -0.15) is 0 Å². The lowest BCUT2D eigenvalue weighted by Gasteiger charge is -2.36. The van der Waals surface area contributed by atoms with E-state index in [2.05, 4.69) is 0 Å². The predicted molar refractivity (Wildman–Crippen MR) is 106 cm³/mol. The molecule has 1 aliphatic rings. The molecule has 2 aromatic rings. The van der Waals surface area contributed by atoms with Gasteiger partial charge in [0.15, 0.2) is 12.2 Å². The van der Waals surface area contributed by atoms with Crippen molar-refractivity contribution >= 4 is 11.8 Å². The Labute approximate surface area is 165 Å². The molecule has 28 heavy (non-hydrogen) atoms. The molecule has 2 amide bonds. The van der Waals surface area contributed by atoms with Gasteiger partial charge < -0.3 is 19.3 Å². The number of rotatable bonds is 6. The van der Waals surface area contributed by atoms with Crippen LogP contribution in [0.5, 0.6) is 11.5 Å². The van der Waals surface area contributed by atoms with Gasteiger partial charge in [-0.1, -0.05) is 36.4 Å². The molecule has 1 heterocycles. The summed E-state index contributed by atoms with van der Waals surface area (Å²) in [7, 11) is 0. The van der Waals surface area contributed by atoms with Gasteiger partial charge in [0.25, 0.3) is 11.8 Å². The van der Waals surface area contributed by atoms with Crippen molar-refractivity contribution in [1.82, 2.24) is 9.80 Å². The third-order valence-electron chi connectivity index (χ3n) is 4.71. The first-order chi connectivity index (χ1) is 13.5. The molecule has 0 N–H and O–H groups in total. The Balaban J connectivity index is 1.48. The van der Waals surface area contributed by atoms with Gasteiger partial charge in [0.1, 0.15) is 11.5 Å². The van der Waals surface area contributed by atoms with Gasteiger partial charge in [-0.15, -0.1) is 0 Å². The fourth-order valence-electron chi connectivity index (χ4n) is 3.17. The lowest BCUT2D eigenvalue weighted by Crippen LogP contribution is -2.55. The van der Waals surface area contributed by atoms with Crippen LogP contribution in [0.25, 0.3) is 0 Å². The molecule has 0 bridgehead atoms. The number of nitrogens with zero attached hydrogens (tertiary/aromatic N) is 2. The number of ether oxygens (including phenoxy) is 2. The SMILES string of the molecule is C[C@H](Oc1ccccc1)C(=O)N1CCN(C(=O)[C@H](C)Oc2ccccc2)CC1. The molecular weight excluding hydrogens is 356 g/mol. The molecule has 0 spiro atoms. The largest absolute Gasteiger partial charge is 0.481 e. The van der Waals surface area contributed by atoms with E-state index in [1.165, 1.54) is 0 Å². The number of para-hydroxylation sites is 2. The Hall–Kier alpha value is -3.02. The van der Waals surface area contributed by atoms with Gasteiger partial charge in [0.05, 0.1) is 0 Å². The summed E-state index contributed by atoms with van der Waals surface area (Å²) in [4.78, 5) is 28.8. The summed E-state index contributed by atoms with van der Waals surface area (Å²) in [5.74, 6) is 1.21. The van der Waals surface area contributed by atoms with Crippen LogP contribution in [0.15, 0.2) is 60.7 Å². The Morgan fingerprint density at radius 2 is 1.00 bits per heavy atom. The van der Waals surface area contributed by atoms with Crippen LogP contribution < -0.4 is 9.47 Å². The summed E-state index contributed by atoms with van der Waals surface area (Å²) in [5.41, 5.74) is 0. The van der Waals surface area contributed by atoms with Crippen molar-refractivity contribution in [2.24, 2.45) is 0 Å². The second-order valence-corrected chi connectivity index (χ2v) is 6.80. The van der Waals surface area contributed by atoms with Crippen molar-refractivity contribution in [3.63, 3.8) is 0 Å². The van der Waals surface area contributed by atoms with Crippen LogP contribution in [0.4, 0.5) is 0 Å². The molecule has 6 nitrogen and oxygen atoms in total. The zero-order valence-corrected chi connectivity index (χ0v) is 16.3. The fraction of sp³-hybridized carbons (Fsp3) is 0.364. The summed E-state index contributed by atoms with van der Waals surface area (Å²) in [6.07, 6.45) is -1.13. The van der Waals surface area contributed by atoms with Crippen LogP contribution in [0.3, 0.4) is 0 Å². The maximum absolute atomic E-state index is 12.6. The van der Waals surface area contributed by atoms with Gasteiger partial charge in [0, 0.05) is 26.2 Å². The van der Waals surface area contributed by atoms with Gasteiger partial charge in [-0.25, -0.2) is 0 Å². The van der Waals surface area contributed by atoms with Crippen molar-refractivity contribution in [2.75, 3.05) is 26.2 Å². The number of piperazine rings is 1. The van der Waals surface area contributed by atoms with E-state index in [1.807, 2.05) is 60.7 Å². The predicted octanol–water partition coefficient (Wildman–Crippen LogP) is 2.59. The number of benzene rings is 2. The van der Waals surface area contributed by atoms with Crippen molar-refractivity contribution in [3.05, 3.63) is 60.7 Å². The van der Waals surface area contributed by atoms with E-state index < -0.39 is 12.2 Å². The standard InChI is InChI=1S/C22H26N2O4/c1-17(27-19-9-5-3-6-10-19)21(25)23-13-15-24(16-14-23)22(26)18(2)28-20-11-7-4-8-12-20/h3-12,17-18H,13-16H2,1-2H3/t17-,18-/m0/s1. The first kappa shape index (κ1) is 19.7. The third-order valence-corrected chi connectivity index (χ3v) is 4.71. The molecule has 0 saturated carbocycles. The molecule has 1 saturated heterocycles. The molecule has 2 atom stereocenters. The molecule has 0 unspecified atom stereocenters. The quantitative estimate of drug-likeness (QED) is 0.771. The molecule has 6 heteroatoms. The topological polar surface area (TPSA) is 59.1 Å². The molecule has 1 fully saturated rings. The number of hydrogen-bond donors (Lipinski definition) is 0. The smallest absolute Gasteiger partial charge is 0.263 e. The summed E-state index contributed by atoms with van der Waals surface area (Å²) in [5, 5.41) is 0. The minimum absolute atomic E-state index is 0.0652. The second kappa shape index (κ2) is 9.26. The normalized spacial score (nSPS) is 16.2. The minimum atomic E-state index is -0.565. The molecule has 1 aliphatic heterocycles. The Morgan fingerprint density at radius 3 is 1.32 bits per heavy atom. The number of hydrogen-bond acceptors (Lipinski definition) is 4. The first-order valence-corrected chi connectivity index (χ1v) is 9.55. The zero-order chi connectivity index (χ0) is 19.9. The highest BCUT2D eigenvalue weighted by Crippen LogP contribution is 2.15. The Kier molecular flexibility index (Phi) is 6.53. The van der Waals surface area contributed by atoms with Crippen LogP contribution in [0.2, 0.25) is 0 Å². The first-order valence-electron chi connectivity index (χ1n) is 9.55. The maximum Gasteiger partial charge on any atom is 0.263 e. The van der Waals surface area contributed by atoms with E-state index in [1.54, 1.807) is 23.6 Å². The minimum Gasteiger partial charge on any atom is -0.481 e. The highest BCUT2D eigenvalue weighted by atomic mass is 16.5. The molecule has 0 aliphatic carbocycles. The van der Waals surface area contributed by atoms with E-state index >= 15 is 0 Å². The summed E-state index contributed by atoms with van der Waals surface area (Å²) >= 11 is 0. The third kappa shape index (κ3) is 5.03. The Bertz CT molecular complexity index is 706. The van der Waals surface area contributed by atoms with E-state index in [9.17, 15) is 9.59 Å². The van der Waals surface area contributed by atoms with Crippen molar-refractivity contribution in [2.45, 2.75) is 26.1 Å². The van der Waals surface area contributed by atoms with Crippen LogP contribution in [-0.4, -0.2) is 60.0 Å². The average Bonchev–Trinajstić information content (AvgIpc) is 2.74. The van der Waals surface area contributed by atoms with E-state index in [4.69, 9.17) is 9.47 Å². The van der Waals surface area contributed by atoms with Gasteiger partial charge in [-0.3, -0.25) is 9.59 Å².